The molecule has 3 aromatic carbocycles. The van der Waals surface area contributed by atoms with Crippen LogP contribution in [0.5, 0.6) is 0 Å². The monoisotopic (exact) mass is 583 g/mol. The molecular weight excluding hydrogens is 546 g/mol. The van der Waals surface area contributed by atoms with Crippen molar-refractivity contribution in [3.05, 3.63) is 94.0 Å². The second kappa shape index (κ2) is 13.3. The predicted octanol–water partition coefficient (Wildman–Crippen LogP) is 5.79. The van der Waals surface area contributed by atoms with E-state index in [2.05, 4.69) is 5.32 Å². The topological polar surface area (TPSA) is 86.8 Å². The van der Waals surface area contributed by atoms with Crippen molar-refractivity contribution in [3.8, 4) is 0 Å². The smallest absolute Gasteiger partial charge is 0.264 e. The van der Waals surface area contributed by atoms with Crippen LogP contribution in [0.3, 0.4) is 0 Å². The summed E-state index contributed by atoms with van der Waals surface area (Å²) in [5.41, 5.74) is 3.61. The van der Waals surface area contributed by atoms with Crippen molar-refractivity contribution in [2.45, 2.75) is 71.5 Å². The Labute approximate surface area is 243 Å². The zero-order valence-corrected chi connectivity index (χ0v) is 25.5. The summed E-state index contributed by atoms with van der Waals surface area (Å²) < 4.78 is 29.2. The summed E-state index contributed by atoms with van der Waals surface area (Å²) in [6.07, 6.45) is 0.728. The average Bonchev–Trinajstić information content (AvgIpc) is 2.92. The van der Waals surface area contributed by atoms with Gasteiger partial charge in [0.15, 0.2) is 0 Å². The third-order valence-electron chi connectivity index (χ3n) is 7.20. The van der Waals surface area contributed by atoms with Crippen molar-refractivity contribution >= 4 is 39.1 Å². The second-order valence-electron chi connectivity index (χ2n) is 10.2. The van der Waals surface area contributed by atoms with Crippen LogP contribution < -0.4 is 9.62 Å². The predicted molar refractivity (Wildman–Crippen MR) is 161 cm³/mol. The van der Waals surface area contributed by atoms with Crippen molar-refractivity contribution < 1.29 is 18.0 Å². The Hall–Kier alpha value is -3.36. The van der Waals surface area contributed by atoms with E-state index in [1.165, 1.54) is 17.0 Å². The standard InChI is InChI=1S/C31H38ClN3O4S/c1-7-23(4)33-31(37)25(6)34(19-26-12-8-9-13-28(26)32)30(36)20-35(29-14-10-11-22(3)24(29)5)40(38,39)27-17-15-21(2)16-18-27/h8-18,23,25H,7,19-20H2,1-6H3,(H,33,37)/t23-,25+/m0/s1. The van der Waals surface area contributed by atoms with Crippen LogP contribution in [-0.2, 0) is 26.2 Å². The third-order valence-corrected chi connectivity index (χ3v) is 9.34. The first kappa shape index (κ1) is 31.2. The Bertz CT molecular complexity index is 1460. The number of anilines is 1. The number of amides is 2. The van der Waals surface area contributed by atoms with Crippen LogP contribution in [-0.4, -0.2) is 43.8 Å². The summed E-state index contributed by atoms with van der Waals surface area (Å²) in [6.45, 7) is 10.6. The Balaban J connectivity index is 2.08. The molecule has 214 valence electrons. The number of carbonyl (C=O) groups excluding carboxylic acids is 2. The zero-order valence-electron chi connectivity index (χ0n) is 23.9. The van der Waals surface area contributed by atoms with Crippen LogP contribution in [0.25, 0.3) is 0 Å². The highest BCUT2D eigenvalue weighted by atomic mass is 35.5. The third kappa shape index (κ3) is 7.23. The molecule has 3 rings (SSSR count). The molecule has 0 saturated heterocycles. The van der Waals surface area contributed by atoms with E-state index in [4.69, 9.17) is 11.6 Å². The highest BCUT2D eigenvalue weighted by Crippen LogP contribution is 2.29. The van der Waals surface area contributed by atoms with Crippen LogP contribution >= 0.6 is 11.6 Å². The number of aryl methyl sites for hydroxylation is 2. The largest absolute Gasteiger partial charge is 0.352 e. The fourth-order valence-electron chi connectivity index (χ4n) is 4.21. The summed E-state index contributed by atoms with van der Waals surface area (Å²) in [5.74, 6) is -0.849. The molecule has 40 heavy (non-hydrogen) atoms. The van der Waals surface area contributed by atoms with Gasteiger partial charge in [0.1, 0.15) is 12.6 Å². The van der Waals surface area contributed by atoms with Gasteiger partial charge in [0.25, 0.3) is 10.0 Å². The van der Waals surface area contributed by atoms with E-state index in [-0.39, 0.29) is 23.4 Å². The highest BCUT2D eigenvalue weighted by molar-refractivity contribution is 7.92. The number of benzene rings is 3. The van der Waals surface area contributed by atoms with E-state index in [9.17, 15) is 18.0 Å². The van der Waals surface area contributed by atoms with E-state index >= 15 is 0 Å². The van der Waals surface area contributed by atoms with Crippen LogP contribution in [0.4, 0.5) is 5.69 Å². The highest BCUT2D eigenvalue weighted by Gasteiger charge is 2.33. The van der Waals surface area contributed by atoms with Crippen molar-refractivity contribution in [1.29, 1.82) is 0 Å². The quantitative estimate of drug-likeness (QED) is 0.309. The van der Waals surface area contributed by atoms with E-state index in [0.717, 1.165) is 27.4 Å². The van der Waals surface area contributed by atoms with Gasteiger partial charge in [-0.2, -0.15) is 0 Å². The molecule has 0 aromatic heterocycles. The SMILES string of the molecule is CC[C@H](C)NC(=O)[C@@H](C)N(Cc1ccccc1Cl)C(=O)CN(c1cccc(C)c1C)S(=O)(=O)c1ccc(C)cc1. The van der Waals surface area contributed by atoms with E-state index in [1.807, 2.05) is 40.7 Å². The number of sulfonamides is 1. The van der Waals surface area contributed by atoms with Crippen molar-refractivity contribution in [1.82, 2.24) is 10.2 Å². The van der Waals surface area contributed by atoms with Crippen LogP contribution in [0.15, 0.2) is 71.6 Å². The average molecular weight is 584 g/mol. The van der Waals surface area contributed by atoms with E-state index in [0.29, 0.717) is 16.3 Å². The molecule has 0 aliphatic heterocycles. The molecule has 0 fully saturated rings. The number of nitrogens with zero attached hydrogens (tertiary/aromatic N) is 2. The molecule has 2 amide bonds. The summed E-state index contributed by atoms with van der Waals surface area (Å²) >= 11 is 6.42. The number of halogens is 1. The summed E-state index contributed by atoms with van der Waals surface area (Å²) in [5, 5.41) is 3.38. The van der Waals surface area contributed by atoms with E-state index < -0.39 is 28.5 Å². The number of carbonyl (C=O) groups is 2. The molecule has 7 nitrogen and oxygen atoms in total. The number of hydrogen-bond donors (Lipinski definition) is 1. The fraction of sp³-hybridized carbons (Fsp3) is 0.355. The Morgan fingerprint density at radius 1 is 0.925 bits per heavy atom. The van der Waals surface area contributed by atoms with Crippen molar-refractivity contribution in [3.63, 3.8) is 0 Å². The maximum Gasteiger partial charge on any atom is 0.264 e. The minimum Gasteiger partial charge on any atom is -0.352 e. The lowest BCUT2D eigenvalue weighted by Crippen LogP contribution is -2.52. The summed E-state index contributed by atoms with van der Waals surface area (Å²) in [6, 6.07) is 18.0. The van der Waals surface area contributed by atoms with Gasteiger partial charge < -0.3 is 10.2 Å². The van der Waals surface area contributed by atoms with Gasteiger partial charge in [-0.3, -0.25) is 13.9 Å². The molecule has 0 unspecified atom stereocenters. The summed E-state index contributed by atoms with van der Waals surface area (Å²) in [4.78, 5) is 28.7. The van der Waals surface area contributed by atoms with E-state index in [1.54, 1.807) is 55.5 Å². The minimum atomic E-state index is -4.13. The fourth-order valence-corrected chi connectivity index (χ4v) is 5.88. The van der Waals surface area contributed by atoms with Gasteiger partial charge in [-0.15, -0.1) is 0 Å². The second-order valence-corrected chi connectivity index (χ2v) is 12.4. The summed E-state index contributed by atoms with van der Waals surface area (Å²) in [7, 11) is -4.13. The van der Waals surface area contributed by atoms with Gasteiger partial charge in [-0.25, -0.2) is 8.42 Å². The molecule has 3 aromatic rings. The van der Waals surface area contributed by atoms with Crippen LogP contribution in [0.2, 0.25) is 5.02 Å². The molecule has 0 heterocycles. The lowest BCUT2D eigenvalue weighted by molar-refractivity contribution is -0.139. The Morgan fingerprint density at radius 3 is 2.20 bits per heavy atom. The first-order chi connectivity index (χ1) is 18.9. The van der Waals surface area contributed by atoms with Gasteiger partial charge in [0, 0.05) is 17.6 Å². The molecule has 0 bridgehead atoms. The first-order valence-electron chi connectivity index (χ1n) is 13.4. The molecule has 0 aliphatic rings. The first-order valence-corrected chi connectivity index (χ1v) is 15.2. The normalized spacial score (nSPS) is 12.9. The van der Waals surface area contributed by atoms with Crippen molar-refractivity contribution in [2.75, 3.05) is 10.8 Å². The zero-order chi connectivity index (χ0) is 29.6. The number of nitrogens with one attached hydrogen (secondary N) is 1. The Morgan fingerprint density at radius 2 is 1.57 bits per heavy atom. The van der Waals surface area contributed by atoms with Gasteiger partial charge >= 0.3 is 0 Å². The molecule has 0 saturated carbocycles. The lowest BCUT2D eigenvalue weighted by atomic mass is 10.1. The molecule has 0 radical (unpaired) electrons. The van der Waals surface area contributed by atoms with Crippen molar-refractivity contribution in [2.24, 2.45) is 0 Å². The number of rotatable bonds is 11. The lowest BCUT2D eigenvalue weighted by Gasteiger charge is -2.33. The van der Waals surface area contributed by atoms with Gasteiger partial charge in [0.05, 0.1) is 10.6 Å². The Kier molecular flexibility index (Phi) is 10.4. The molecule has 0 aliphatic carbocycles. The van der Waals surface area contributed by atoms with Gasteiger partial charge in [0.2, 0.25) is 11.8 Å². The molecule has 2 atom stereocenters. The van der Waals surface area contributed by atoms with Gasteiger partial charge in [-0.1, -0.05) is 66.6 Å². The van der Waals surface area contributed by atoms with Crippen LogP contribution in [0, 0.1) is 20.8 Å². The minimum absolute atomic E-state index is 0.0405. The molecule has 9 heteroatoms. The molecule has 0 spiro atoms. The van der Waals surface area contributed by atoms with Gasteiger partial charge in [-0.05, 0) is 82.0 Å². The number of hydrogen-bond acceptors (Lipinski definition) is 4. The van der Waals surface area contributed by atoms with Crippen LogP contribution in [0.1, 0.15) is 49.4 Å². The molecular formula is C31H38ClN3O4S. The maximum absolute atomic E-state index is 14.1. The molecule has 1 N–H and O–H groups in total. The maximum atomic E-state index is 14.1.